The van der Waals surface area contributed by atoms with Gasteiger partial charge in [-0.25, -0.2) is 4.79 Å². The predicted molar refractivity (Wildman–Crippen MR) is 109 cm³/mol. The standard InChI is InChI=1S/C23H20N2O4/c1-14(29-23(28)20-13-24-12-18-5-3-4-6-19(18)20)22(27)17-7-8-21-16(11-17)9-10-25(21)15(2)26/h3-8,11-14H,9-10H2,1-2H3. The summed E-state index contributed by atoms with van der Waals surface area (Å²) in [5.74, 6) is -0.886. The smallest absolute Gasteiger partial charge is 0.341 e. The van der Waals surface area contributed by atoms with Crippen LogP contribution in [0.3, 0.4) is 0 Å². The van der Waals surface area contributed by atoms with Crippen molar-refractivity contribution in [2.24, 2.45) is 0 Å². The highest BCUT2D eigenvalue weighted by Crippen LogP contribution is 2.29. The minimum absolute atomic E-state index is 0.0196. The molecule has 1 unspecified atom stereocenters. The van der Waals surface area contributed by atoms with E-state index in [1.165, 1.54) is 13.1 Å². The largest absolute Gasteiger partial charge is 0.451 e. The molecular weight excluding hydrogens is 368 g/mol. The lowest BCUT2D eigenvalue weighted by atomic mass is 10.0. The van der Waals surface area contributed by atoms with E-state index in [1.807, 2.05) is 24.3 Å². The van der Waals surface area contributed by atoms with Crippen LogP contribution in [0.2, 0.25) is 0 Å². The van der Waals surface area contributed by atoms with Crippen molar-refractivity contribution in [2.75, 3.05) is 11.4 Å². The van der Waals surface area contributed by atoms with Crippen LogP contribution in [0.15, 0.2) is 54.9 Å². The molecule has 1 aliphatic heterocycles. The number of fused-ring (bicyclic) bond motifs is 2. The van der Waals surface area contributed by atoms with E-state index in [0.29, 0.717) is 24.1 Å². The minimum Gasteiger partial charge on any atom is -0.451 e. The molecule has 0 spiro atoms. The van der Waals surface area contributed by atoms with Gasteiger partial charge in [-0.2, -0.15) is 0 Å². The van der Waals surface area contributed by atoms with Gasteiger partial charge in [0.05, 0.1) is 5.56 Å². The van der Waals surface area contributed by atoms with Crippen LogP contribution in [-0.2, 0) is 16.0 Å². The molecule has 0 saturated carbocycles. The number of hydrogen-bond acceptors (Lipinski definition) is 5. The van der Waals surface area contributed by atoms with Gasteiger partial charge in [0, 0.05) is 42.5 Å². The SMILES string of the molecule is CC(=O)N1CCc2cc(C(=O)C(C)OC(=O)c3cncc4ccccc34)ccc21. The third-order valence-corrected chi connectivity index (χ3v) is 5.18. The molecule has 2 aromatic carbocycles. The molecule has 6 nitrogen and oxygen atoms in total. The van der Waals surface area contributed by atoms with Crippen molar-refractivity contribution >= 4 is 34.1 Å². The van der Waals surface area contributed by atoms with Crippen molar-refractivity contribution in [2.45, 2.75) is 26.4 Å². The fourth-order valence-electron chi connectivity index (χ4n) is 3.67. The van der Waals surface area contributed by atoms with Crippen LogP contribution in [0.25, 0.3) is 10.8 Å². The molecular formula is C23H20N2O4. The number of rotatable bonds is 4. The lowest BCUT2D eigenvalue weighted by Gasteiger charge is -2.16. The molecule has 2 heterocycles. The molecule has 0 aliphatic carbocycles. The lowest BCUT2D eigenvalue weighted by molar-refractivity contribution is -0.116. The Bertz CT molecular complexity index is 1130. The Morgan fingerprint density at radius 2 is 1.90 bits per heavy atom. The molecule has 6 heteroatoms. The average molecular weight is 388 g/mol. The molecule has 146 valence electrons. The molecule has 1 aliphatic rings. The van der Waals surface area contributed by atoms with Crippen LogP contribution in [0.1, 0.15) is 40.1 Å². The normalized spacial score (nSPS) is 13.8. The molecule has 1 aromatic heterocycles. The maximum absolute atomic E-state index is 12.8. The zero-order valence-electron chi connectivity index (χ0n) is 16.2. The topological polar surface area (TPSA) is 76.6 Å². The summed E-state index contributed by atoms with van der Waals surface area (Å²) < 4.78 is 5.45. The third kappa shape index (κ3) is 3.49. The van der Waals surface area contributed by atoms with E-state index in [0.717, 1.165) is 22.0 Å². The van der Waals surface area contributed by atoms with Crippen molar-refractivity contribution in [1.82, 2.24) is 4.98 Å². The number of ketones is 1. The van der Waals surface area contributed by atoms with Gasteiger partial charge in [-0.15, -0.1) is 0 Å². The van der Waals surface area contributed by atoms with Crippen LogP contribution in [0, 0.1) is 0 Å². The molecule has 0 radical (unpaired) electrons. The number of nitrogens with zero attached hydrogens (tertiary/aromatic N) is 2. The van der Waals surface area contributed by atoms with Crippen LogP contribution >= 0.6 is 0 Å². The second-order valence-electron chi connectivity index (χ2n) is 7.08. The summed E-state index contributed by atoms with van der Waals surface area (Å²) in [6, 6.07) is 12.6. The molecule has 0 N–H and O–H groups in total. The second-order valence-corrected chi connectivity index (χ2v) is 7.08. The van der Waals surface area contributed by atoms with Crippen LogP contribution in [0.5, 0.6) is 0 Å². The maximum atomic E-state index is 12.8. The van der Waals surface area contributed by atoms with Crippen molar-refractivity contribution in [3.8, 4) is 0 Å². The Morgan fingerprint density at radius 3 is 2.69 bits per heavy atom. The summed E-state index contributed by atoms with van der Waals surface area (Å²) in [4.78, 5) is 42.9. The van der Waals surface area contributed by atoms with Gasteiger partial charge in [0.1, 0.15) is 0 Å². The summed E-state index contributed by atoms with van der Waals surface area (Å²) in [7, 11) is 0. The Balaban J connectivity index is 1.53. The van der Waals surface area contributed by atoms with Crippen LogP contribution in [-0.4, -0.2) is 35.3 Å². The highest BCUT2D eigenvalue weighted by molar-refractivity contribution is 6.06. The van der Waals surface area contributed by atoms with E-state index in [-0.39, 0.29) is 11.7 Å². The molecule has 1 amide bonds. The van der Waals surface area contributed by atoms with E-state index in [4.69, 9.17) is 4.74 Å². The maximum Gasteiger partial charge on any atom is 0.341 e. The van der Waals surface area contributed by atoms with E-state index in [9.17, 15) is 14.4 Å². The predicted octanol–water partition coefficient (Wildman–Crippen LogP) is 3.57. The van der Waals surface area contributed by atoms with Gasteiger partial charge in [0.25, 0.3) is 0 Å². The molecule has 1 atom stereocenters. The Morgan fingerprint density at radius 1 is 1.10 bits per heavy atom. The molecule has 0 fully saturated rings. The number of pyridine rings is 1. The Kier molecular flexibility index (Phi) is 4.84. The van der Waals surface area contributed by atoms with Gasteiger partial charge in [0.2, 0.25) is 11.7 Å². The van der Waals surface area contributed by atoms with Crippen LogP contribution in [0.4, 0.5) is 5.69 Å². The zero-order chi connectivity index (χ0) is 20.5. The Labute approximate surface area is 168 Å². The lowest BCUT2D eigenvalue weighted by Crippen LogP contribution is -2.26. The first-order valence-electron chi connectivity index (χ1n) is 9.44. The van der Waals surface area contributed by atoms with E-state index >= 15 is 0 Å². The van der Waals surface area contributed by atoms with Gasteiger partial charge >= 0.3 is 5.97 Å². The van der Waals surface area contributed by atoms with Crippen molar-refractivity contribution < 1.29 is 19.1 Å². The van der Waals surface area contributed by atoms with Gasteiger partial charge in [-0.3, -0.25) is 14.6 Å². The number of Topliss-reactive ketones (excluding diaryl/α,β-unsaturated/α-hetero) is 1. The summed E-state index contributed by atoms with van der Waals surface area (Å²) in [6.07, 6.45) is 2.89. The third-order valence-electron chi connectivity index (χ3n) is 5.18. The first-order valence-corrected chi connectivity index (χ1v) is 9.44. The van der Waals surface area contributed by atoms with E-state index in [1.54, 1.807) is 36.2 Å². The summed E-state index contributed by atoms with van der Waals surface area (Å²) in [5, 5.41) is 1.56. The molecule has 3 aromatic rings. The summed E-state index contributed by atoms with van der Waals surface area (Å²) in [5.41, 5.74) is 2.57. The number of esters is 1. The molecule has 0 saturated heterocycles. The number of aromatic nitrogens is 1. The highest BCUT2D eigenvalue weighted by atomic mass is 16.5. The van der Waals surface area contributed by atoms with E-state index in [2.05, 4.69) is 4.98 Å². The molecule has 0 bridgehead atoms. The first kappa shape index (κ1) is 18.8. The minimum atomic E-state index is -0.940. The van der Waals surface area contributed by atoms with Gasteiger partial charge in [-0.1, -0.05) is 24.3 Å². The number of amides is 1. The summed E-state index contributed by atoms with van der Waals surface area (Å²) >= 11 is 0. The van der Waals surface area contributed by atoms with Gasteiger partial charge < -0.3 is 9.64 Å². The van der Waals surface area contributed by atoms with Gasteiger partial charge in [0.15, 0.2) is 6.10 Å². The van der Waals surface area contributed by atoms with Crippen molar-refractivity contribution in [3.05, 3.63) is 71.5 Å². The van der Waals surface area contributed by atoms with E-state index < -0.39 is 12.1 Å². The number of ether oxygens (including phenoxy) is 1. The second kappa shape index (κ2) is 7.47. The molecule has 4 rings (SSSR count). The summed E-state index contributed by atoms with van der Waals surface area (Å²) in [6.45, 7) is 3.70. The number of anilines is 1. The monoisotopic (exact) mass is 388 g/mol. The fourth-order valence-corrected chi connectivity index (χ4v) is 3.67. The number of carbonyl (C=O) groups excluding carboxylic acids is 3. The highest BCUT2D eigenvalue weighted by Gasteiger charge is 2.26. The molecule has 29 heavy (non-hydrogen) atoms. The fraction of sp³-hybridized carbons (Fsp3) is 0.217. The number of benzene rings is 2. The van der Waals surface area contributed by atoms with Crippen LogP contribution < -0.4 is 4.90 Å². The first-order chi connectivity index (χ1) is 14.0. The van der Waals surface area contributed by atoms with Crippen molar-refractivity contribution in [3.63, 3.8) is 0 Å². The quantitative estimate of drug-likeness (QED) is 0.504. The number of hydrogen-bond donors (Lipinski definition) is 0. The Hall–Kier alpha value is -3.54. The average Bonchev–Trinajstić information content (AvgIpc) is 3.16. The van der Waals surface area contributed by atoms with Gasteiger partial charge in [-0.05, 0) is 42.5 Å². The number of carbonyl (C=O) groups is 3. The zero-order valence-corrected chi connectivity index (χ0v) is 16.2. The van der Waals surface area contributed by atoms with Crippen molar-refractivity contribution in [1.29, 1.82) is 0 Å².